The van der Waals surface area contributed by atoms with E-state index in [1.807, 2.05) is 0 Å². The molecule has 0 aromatic heterocycles. The summed E-state index contributed by atoms with van der Waals surface area (Å²) >= 11 is 12.4. The van der Waals surface area contributed by atoms with E-state index in [0.717, 1.165) is 10.5 Å². The predicted octanol–water partition coefficient (Wildman–Crippen LogP) is 5.69. The number of rotatable bonds is 5. The number of urea groups is 1. The molecule has 34 heavy (non-hydrogen) atoms. The van der Waals surface area contributed by atoms with Crippen molar-refractivity contribution in [2.24, 2.45) is 0 Å². The molecule has 0 aliphatic carbocycles. The van der Waals surface area contributed by atoms with Crippen LogP contribution in [0, 0.1) is 12.7 Å². The summed E-state index contributed by atoms with van der Waals surface area (Å²) in [4.78, 5) is 38.6. The van der Waals surface area contributed by atoms with Gasteiger partial charge < -0.3 is 4.74 Å². The van der Waals surface area contributed by atoms with Crippen molar-refractivity contribution >= 4 is 52.8 Å². The fourth-order valence-corrected chi connectivity index (χ4v) is 3.69. The number of hydrogen-bond acceptors (Lipinski definition) is 4. The molecule has 1 aliphatic rings. The van der Waals surface area contributed by atoms with Crippen molar-refractivity contribution < 1.29 is 23.5 Å². The van der Waals surface area contributed by atoms with Crippen molar-refractivity contribution in [3.05, 3.63) is 98.8 Å². The number of ether oxygens (including phenoxy) is 1. The van der Waals surface area contributed by atoms with Gasteiger partial charge in [-0.05, 0) is 54.5 Å². The maximum atomic E-state index is 13.8. The van der Waals surface area contributed by atoms with Crippen LogP contribution in [0.5, 0.6) is 5.75 Å². The van der Waals surface area contributed by atoms with Crippen LogP contribution >= 0.6 is 23.2 Å². The first-order chi connectivity index (χ1) is 16.2. The van der Waals surface area contributed by atoms with Crippen LogP contribution in [0.25, 0.3) is 6.08 Å². The van der Waals surface area contributed by atoms with Gasteiger partial charge in [-0.15, -0.1) is 0 Å². The first-order valence-corrected chi connectivity index (χ1v) is 10.8. The van der Waals surface area contributed by atoms with Crippen LogP contribution in [-0.4, -0.2) is 17.8 Å². The third kappa shape index (κ3) is 4.81. The van der Waals surface area contributed by atoms with Crippen molar-refractivity contribution in [1.29, 1.82) is 0 Å². The lowest BCUT2D eigenvalue weighted by Crippen LogP contribution is -2.54. The second-order valence-electron chi connectivity index (χ2n) is 7.46. The molecule has 0 radical (unpaired) electrons. The maximum Gasteiger partial charge on any atom is 0.335 e. The highest BCUT2D eigenvalue weighted by molar-refractivity contribution is 6.39. The number of halogens is 3. The lowest BCUT2D eigenvalue weighted by atomic mass is 10.1. The molecule has 0 saturated carbocycles. The first-order valence-electron chi connectivity index (χ1n) is 10.1. The van der Waals surface area contributed by atoms with Crippen LogP contribution < -0.4 is 15.0 Å². The molecule has 4 amide bonds. The largest absolute Gasteiger partial charge is 0.487 e. The Hall–Kier alpha value is -3.68. The van der Waals surface area contributed by atoms with Gasteiger partial charge in [-0.2, -0.15) is 0 Å². The second-order valence-corrected chi connectivity index (χ2v) is 8.28. The number of hydrogen-bond donors (Lipinski definition) is 1. The van der Waals surface area contributed by atoms with E-state index < -0.39 is 23.7 Å². The van der Waals surface area contributed by atoms with Gasteiger partial charge in [-0.3, -0.25) is 14.9 Å². The van der Waals surface area contributed by atoms with E-state index >= 15 is 0 Å². The molecule has 0 atom stereocenters. The highest BCUT2D eigenvalue weighted by Crippen LogP contribution is 2.29. The number of amides is 4. The summed E-state index contributed by atoms with van der Waals surface area (Å²) in [7, 11) is 0. The molecule has 172 valence electrons. The van der Waals surface area contributed by atoms with E-state index in [1.54, 1.807) is 49.4 Å². The quantitative estimate of drug-likeness (QED) is 0.362. The highest BCUT2D eigenvalue weighted by Gasteiger charge is 2.37. The summed E-state index contributed by atoms with van der Waals surface area (Å²) in [5.41, 5.74) is 1.54. The van der Waals surface area contributed by atoms with Crippen molar-refractivity contribution in [3.8, 4) is 5.75 Å². The maximum absolute atomic E-state index is 13.8. The number of carbonyl (C=O) groups excluding carboxylic acids is 3. The highest BCUT2D eigenvalue weighted by atomic mass is 35.5. The van der Waals surface area contributed by atoms with E-state index in [0.29, 0.717) is 21.9 Å². The molecule has 6 nitrogen and oxygen atoms in total. The molecule has 3 aromatic carbocycles. The lowest BCUT2D eigenvalue weighted by Gasteiger charge is -2.26. The molecule has 1 N–H and O–H groups in total. The van der Waals surface area contributed by atoms with Gasteiger partial charge in [0.25, 0.3) is 11.8 Å². The normalized spacial score (nSPS) is 15.0. The molecule has 9 heteroatoms. The van der Waals surface area contributed by atoms with Gasteiger partial charge in [0.15, 0.2) is 0 Å². The Kier molecular flexibility index (Phi) is 6.68. The smallest absolute Gasteiger partial charge is 0.335 e. The number of nitrogens with one attached hydrogen (secondary N) is 1. The summed E-state index contributed by atoms with van der Waals surface area (Å²) < 4.78 is 19.4. The third-order valence-electron chi connectivity index (χ3n) is 5.12. The molecule has 1 heterocycles. The topological polar surface area (TPSA) is 75.7 Å². The Morgan fingerprint density at radius 2 is 1.76 bits per heavy atom. The number of anilines is 1. The lowest BCUT2D eigenvalue weighted by molar-refractivity contribution is -0.122. The zero-order chi connectivity index (χ0) is 24.4. The Bertz CT molecular complexity index is 1360. The average molecular weight is 499 g/mol. The summed E-state index contributed by atoms with van der Waals surface area (Å²) in [6.07, 6.45) is 1.32. The van der Waals surface area contributed by atoms with Gasteiger partial charge in [0.05, 0.1) is 10.7 Å². The Balaban J connectivity index is 1.58. The number of imide groups is 2. The van der Waals surface area contributed by atoms with E-state index in [2.05, 4.69) is 5.32 Å². The Labute approximate surface area is 204 Å². The molecule has 1 fully saturated rings. The van der Waals surface area contributed by atoms with Crippen LogP contribution in [-0.2, 0) is 16.2 Å². The number of barbiturate groups is 1. The van der Waals surface area contributed by atoms with Crippen LogP contribution in [0.2, 0.25) is 10.0 Å². The summed E-state index contributed by atoms with van der Waals surface area (Å²) in [5.74, 6) is -1.72. The third-order valence-corrected chi connectivity index (χ3v) is 5.83. The molecule has 3 aromatic rings. The number of carbonyl (C=O) groups is 3. The van der Waals surface area contributed by atoms with Crippen molar-refractivity contribution in [2.45, 2.75) is 13.5 Å². The van der Waals surface area contributed by atoms with E-state index in [9.17, 15) is 18.8 Å². The number of benzene rings is 3. The first kappa shape index (κ1) is 23.5. The van der Waals surface area contributed by atoms with Gasteiger partial charge in [-0.25, -0.2) is 14.1 Å². The zero-order valence-electron chi connectivity index (χ0n) is 17.8. The molecule has 1 saturated heterocycles. The number of nitrogens with zero attached hydrogens (tertiary/aromatic N) is 1. The monoisotopic (exact) mass is 498 g/mol. The molecular weight excluding hydrogens is 482 g/mol. The van der Waals surface area contributed by atoms with Crippen molar-refractivity contribution in [3.63, 3.8) is 0 Å². The van der Waals surface area contributed by atoms with Crippen LogP contribution in [0.4, 0.5) is 14.9 Å². The molecule has 0 bridgehead atoms. The van der Waals surface area contributed by atoms with Crippen LogP contribution in [0.1, 0.15) is 16.7 Å². The average Bonchev–Trinajstić information content (AvgIpc) is 2.79. The van der Waals surface area contributed by atoms with Crippen LogP contribution in [0.15, 0.2) is 66.2 Å². The van der Waals surface area contributed by atoms with Gasteiger partial charge in [-0.1, -0.05) is 53.5 Å². The Morgan fingerprint density at radius 3 is 2.47 bits per heavy atom. The minimum Gasteiger partial charge on any atom is -0.487 e. The SMILES string of the molecule is Cc1ccc(N2C(=O)NC(=O)/C(=C\c3ccc(OCc4ccccc4F)c(Cl)c3)C2=O)cc1Cl. The summed E-state index contributed by atoms with van der Waals surface area (Å²) in [5, 5.41) is 2.73. The van der Waals surface area contributed by atoms with Crippen LogP contribution in [0.3, 0.4) is 0 Å². The number of aryl methyl sites for hydroxylation is 1. The summed E-state index contributed by atoms with van der Waals surface area (Å²) in [6, 6.07) is 14.7. The summed E-state index contributed by atoms with van der Waals surface area (Å²) in [6.45, 7) is 1.76. The molecular formula is C25H17Cl2FN2O4. The van der Waals surface area contributed by atoms with E-state index in [1.165, 1.54) is 24.3 Å². The predicted molar refractivity (Wildman–Crippen MR) is 127 cm³/mol. The fourth-order valence-electron chi connectivity index (χ4n) is 3.27. The van der Waals surface area contributed by atoms with Gasteiger partial charge in [0.1, 0.15) is 23.7 Å². The molecule has 0 spiro atoms. The fraction of sp³-hybridized carbons (Fsp3) is 0.0800. The standard InChI is InChI=1S/C25H17Cl2FN2O4/c1-14-6-8-17(12-19(14)26)30-24(32)18(23(31)29-25(30)33)10-15-7-9-22(20(27)11-15)34-13-16-4-2-3-5-21(16)28/h2-12H,13H2,1H3,(H,29,31,33)/b18-10+. The minimum absolute atomic E-state index is 0.0239. The molecule has 1 aliphatic heterocycles. The Morgan fingerprint density at radius 1 is 1.00 bits per heavy atom. The van der Waals surface area contributed by atoms with E-state index in [4.69, 9.17) is 27.9 Å². The molecule has 4 rings (SSSR count). The van der Waals surface area contributed by atoms with Crippen molar-refractivity contribution in [1.82, 2.24) is 5.32 Å². The van der Waals surface area contributed by atoms with Gasteiger partial charge in [0, 0.05) is 10.6 Å². The zero-order valence-corrected chi connectivity index (χ0v) is 19.3. The van der Waals surface area contributed by atoms with Gasteiger partial charge in [0.2, 0.25) is 0 Å². The minimum atomic E-state index is -0.873. The van der Waals surface area contributed by atoms with Crippen molar-refractivity contribution in [2.75, 3.05) is 4.90 Å². The second kappa shape index (κ2) is 9.67. The van der Waals surface area contributed by atoms with Gasteiger partial charge >= 0.3 is 6.03 Å². The van der Waals surface area contributed by atoms with E-state index in [-0.39, 0.29) is 22.9 Å². The molecule has 0 unspecified atom stereocenters.